The first kappa shape index (κ1) is 60.9. The number of anilines is 3. The van der Waals surface area contributed by atoms with Gasteiger partial charge in [-0.3, -0.25) is 14.3 Å². The van der Waals surface area contributed by atoms with E-state index in [2.05, 4.69) is 59.8 Å². The fourth-order valence-corrected chi connectivity index (χ4v) is 7.81. The van der Waals surface area contributed by atoms with Crippen molar-refractivity contribution < 1.29 is 200 Å². The van der Waals surface area contributed by atoms with Crippen LogP contribution >= 0.6 is 24.4 Å². The van der Waals surface area contributed by atoms with E-state index in [9.17, 15) is 58.8 Å². The Balaban J connectivity index is 0.00000512. The first-order valence-electron chi connectivity index (χ1n) is 15.5. The second kappa shape index (κ2) is 27.8. The molecule has 24 nitrogen and oxygen atoms in total. The van der Waals surface area contributed by atoms with E-state index < -0.39 is 88.2 Å². The zero-order valence-electron chi connectivity index (χ0n) is 33.0. The number of hydrogen-bond donors (Lipinski definition) is 3. The third kappa shape index (κ3) is 17.4. The number of rotatable bonds is 20. The number of phenols is 1. The predicted octanol–water partition coefficient (Wildman–Crippen LogP) is -8.17. The van der Waals surface area contributed by atoms with Crippen LogP contribution in [0.5, 0.6) is 5.75 Å². The normalized spacial score (nSPS) is 11.7. The maximum atomic E-state index is 13.7. The zero-order chi connectivity index (χ0) is 43.7. The van der Waals surface area contributed by atoms with Crippen molar-refractivity contribution >= 4 is 105 Å². The molecule has 0 saturated heterocycles. The molecule has 0 spiro atoms. The van der Waals surface area contributed by atoms with E-state index in [1.165, 1.54) is 24.3 Å². The topological polar surface area (TPSA) is 360 Å². The van der Waals surface area contributed by atoms with Crippen LogP contribution in [0.25, 0.3) is 10.8 Å². The molecule has 0 saturated carbocycles. The van der Waals surface area contributed by atoms with Crippen LogP contribution in [0.4, 0.5) is 48.7 Å². The Morgan fingerprint density at radius 3 is 2.08 bits per heavy atom. The Hall–Kier alpha value is -1.13. The van der Waals surface area contributed by atoms with Gasteiger partial charge < -0.3 is 35.4 Å². The summed E-state index contributed by atoms with van der Waals surface area (Å²) in [6, 6.07) is 12.0. The van der Waals surface area contributed by atoms with Crippen molar-refractivity contribution in [1.29, 1.82) is 0 Å². The fourth-order valence-electron chi connectivity index (χ4n) is 4.85. The van der Waals surface area contributed by atoms with Gasteiger partial charge in [-0.25, -0.2) is 25.3 Å². The van der Waals surface area contributed by atoms with Gasteiger partial charge in [0.15, 0.2) is 27.9 Å². The summed E-state index contributed by atoms with van der Waals surface area (Å²) < 4.78 is 138. The number of benzene rings is 4. The van der Waals surface area contributed by atoms with E-state index in [1.54, 1.807) is 0 Å². The first-order valence-corrected chi connectivity index (χ1v) is 21.5. The van der Waals surface area contributed by atoms with E-state index in [0.29, 0.717) is 6.07 Å². The molecule has 64 heavy (non-hydrogen) atoms. The molecule has 0 unspecified atom stereocenters. The molecule has 3 N–H and O–H groups in total. The minimum atomic E-state index is -5.28. The Labute approximate surface area is 457 Å². The molecule has 0 aliphatic heterocycles. The molecule has 5 aromatic rings. The quantitative estimate of drug-likeness (QED) is 0.00750. The van der Waals surface area contributed by atoms with Crippen molar-refractivity contribution in [2.24, 2.45) is 20.5 Å². The summed E-state index contributed by atoms with van der Waals surface area (Å²) in [5, 5.41) is 59.0. The third-order valence-corrected chi connectivity index (χ3v) is 11.3. The molecule has 35 heteroatoms. The van der Waals surface area contributed by atoms with Crippen LogP contribution < -0.4 is 139 Å². The number of nitrogens with zero attached hydrogens (tertiary/aromatic N) is 6. The average Bonchev–Trinajstić information content (AvgIpc) is 3.17. The van der Waals surface area contributed by atoms with E-state index in [0.717, 1.165) is 36.4 Å². The molecule has 1 aromatic heterocycles. The average molecular weight is 1030 g/mol. The van der Waals surface area contributed by atoms with Gasteiger partial charge in [0, 0.05) is 22.5 Å². The monoisotopic (exact) mass is 1030 g/mol. The Kier molecular flexibility index (Phi) is 26.4. The summed E-state index contributed by atoms with van der Waals surface area (Å²) in [4.78, 5) is 4.51. The van der Waals surface area contributed by atoms with Crippen molar-refractivity contribution in [3.8, 4) is 5.75 Å². The molecule has 0 bridgehead atoms. The van der Waals surface area contributed by atoms with Gasteiger partial charge >= 0.3 is 124 Å². The van der Waals surface area contributed by atoms with E-state index in [-0.39, 0.29) is 186 Å². The number of halogens is 2. The van der Waals surface area contributed by atoms with E-state index in [4.69, 9.17) is 4.18 Å². The van der Waals surface area contributed by atoms with E-state index in [1.807, 2.05) is 0 Å². The number of aromatic hydroxyl groups is 1. The first-order chi connectivity index (χ1) is 28.4. The molecular weight excluding hydrogens is 1010 g/mol. The van der Waals surface area contributed by atoms with Crippen molar-refractivity contribution in [2.75, 3.05) is 28.9 Å². The second-order valence-corrected chi connectivity index (χ2v) is 17.1. The largest absolute Gasteiger partial charge is 1.00 e. The van der Waals surface area contributed by atoms with Crippen LogP contribution in [-0.4, -0.2) is 67.7 Å². The summed E-state index contributed by atoms with van der Waals surface area (Å²) >= 11 is 0.179. The number of phenolic OH excluding ortho intramolecular Hbond substituents is 1. The molecule has 320 valence electrons. The minimum absolute atomic E-state index is 0. The van der Waals surface area contributed by atoms with Gasteiger partial charge in [0.1, 0.15) is 54.7 Å². The van der Waals surface area contributed by atoms with Crippen LogP contribution in [0.15, 0.2) is 102 Å². The smallest absolute Gasteiger partial charge is 0.747 e. The van der Waals surface area contributed by atoms with Gasteiger partial charge in [-0.15, -0.1) is 24.8 Å². The van der Waals surface area contributed by atoms with Crippen LogP contribution in [0.2, 0.25) is 0 Å². The summed E-state index contributed by atoms with van der Waals surface area (Å²) in [6.07, 6.45) is -1.45. The predicted molar refractivity (Wildman–Crippen MR) is 194 cm³/mol. The summed E-state index contributed by atoms with van der Waals surface area (Å²) in [5.41, 5.74) is -2.22. The molecule has 1 heterocycles. The van der Waals surface area contributed by atoms with Gasteiger partial charge in [0.05, 0.1) is 44.8 Å². The number of azo groups is 2. The molecule has 5 rings (SSSR count). The summed E-state index contributed by atoms with van der Waals surface area (Å²) in [5.74, 6) is -4.35. The number of nitrogens with one attached hydrogen (secondary N) is 2. The molecule has 0 fully saturated rings. The van der Waals surface area contributed by atoms with Gasteiger partial charge in [-0.1, -0.05) is 12.1 Å². The fraction of sp³-hybridized carbons (Fsp3) is 0.103. The van der Waals surface area contributed by atoms with Crippen LogP contribution in [0.3, 0.4) is 0 Å². The SMILES string of the molecule is O=S(=O)([O-])CNc1ccc2c(O)c(N=Nc3cc(Nc4cc(F)nc(F)n4)ccc3S(=O)(=O)[O-])c(SOO[O-])cc2c1N=Nc1ccccc1S(=O)(=O)CCOSOO[O-].[Na+].[Na+].[Na+].[Na+]. The Morgan fingerprint density at radius 2 is 1.42 bits per heavy atom. The minimum Gasteiger partial charge on any atom is -0.747 e. The van der Waals surface area contributed by atoms with Crippen LogP contribution in [0, 0.1) is 12.0 Å². The Bertz CT molecular complexity index is 2790. The zero-order valence-corrected chi connectivity index (χ0v) is 45.1. The maximum Gasteiger partial charge on any atom is 1.00 e. The number of aromatic nitrogens is 2. The van der Waals surface area contributed by atoms with Gasteiger partial charge in [-0.2, -0.15) is 23.1 Å². The molecular formula is C29H20F2N8Na4O16S5. The Morgan fingerprint density at radius 1 is 0.750 bits per heavy atom. The molecule has 0 aliphatic rings. The maximum absolute atomic E-state index is 13.7. The third-order valence-electron chi connectivity index (χ3n) is 7.22. The van der Waals surface area contributed by atoms with Crippen molar-refractivity contribution in [3.05, 3.63) is 78.8 Å². The van der Waals surface area contributed by atoms with Crippen molar-refractivity contribution in [1.82, 2.24) is 9.97 Å². The number of fused-ring (bicyclic) bond motifs is 1. The van der Waals surface area contributed by atoms with E-state index >= 15 is 0 Å². The standard InChI is InChI=1S/C29H24F2N8O16S5.4Na/c30-24-13-25(35-29(31)34-24)33-15-5-8-23(60(48,49)50)20(11-15)37-39-27-21(56-54-52-41)12-17-16(28(27)40)6-7-19(32-14-59(45,46)47)26(17)38-36-18-3-1-2-4-22(18)58(43,44)10-9-51-57-55-53-42;;;;/h1-8,11-13,32,40-42H,9-10,14H2,(H,33,34,35)(H,45,46,47)(H,48,49,50);;;;/q;4*+1/p-4. The number of hydrogen-bond acceptors (Lipinski definition) is 26. The van der Waals surface area contributed by atoms with Crippen molar-refractivity contribution in [2.45, 2.75) is 14.7 Å². The van der Waals surface area contributed by atoms with Gasteiger partial charge in [0.2, 0.25) is 5.95 Å². The van der Waals surface area contributed by atoms with Crippen LogP contribution in [-0.2, 0) is 53.0 Å². The molecule has 0 amide bonds. The molecule has 4 aromatic carbocycles. The number of sulfone groups is 1. The van der Waals surface area contributed by atoms with Crippen LogP contribution in [0.1, 0.15) is 0 Å². The van der Waals surface area contributed by atoms with Gasteiger partial charge in [-0.05, 0) is 48.5 Å². The molecule has 0 radical (unpaired) electrons. The second-order valence-electron chi connectivity index (χ2n) is 11.0. The van der Waals surface area contributed by atoms with Crippen molar-refractivity contribution in [3.63, 3.8) is 0 Å². The molecule has 0 atom stereocenters. The molecule has 0 aliphatic carbocycles. The summed E-state index contributed by atoms with van der Waals surface area (Å²) in [6.45, 7) is -0.487. The summed E-state index contributed by atoms with van der Waals surface area (Å²) in [7, 11) is -14.4. The van der Waals surface area contributed by atoms with Gasteiger partial charge in [0.25, 0.3) is 0 Å².